The molecule has 1 aromatic carbocycles. The number of hydrogen-bond donors (Lipinski definition) is 0. The van der Waals surface area contributed by atoms with Crippen LogP contribution in [0.15, 0.2) is 34.0 Å². The summed E-state index contributed by atoms with van der Waals surface area (Å²) < 4.78 is 2.38. The fourth-order valence-corrected chi connectivity index (χ4v) is 5.84. The summed E-state index contributed by atoms with van der Waals surface area (Å²) in [5, 5.41) is 1.06. The molecule has 0 N–H and O–H groups in total. The zero-order valence-electron chi connectivity index (χ0n) is 19.3. The van der Waals surface area contributed by atoms with Crippen molar-refractivity contribution in [2.45, 2.75) is 47.1 Å². The van der Waals surface area contributed by atoms with E-state index in [1.807, 2.05) is 29.7 Å². The normalized spacial score (nSPS) is 19.2. The second-order valence-corrected chi connectivity index (χ2v) is 10.9. The Labute approximate surface area is 199 Å². The van der Waals surface area contributed by atoms with Gasteiger partial charge in [-0.25, -0.2) is 0 Å². The maximum Gasteiger partial charge on any atom is 0.266 e. The van der Waals surface area contributed by atoms with Crippen molar-refractivity contribution in [3.8, 4) is 0 Å². The van der Waals surface area contributed by atoms with Gasteiger partial charge < -0.3 is 9.47 Å². The lowest BCUT2D eigenvalue weighted by Crippen LogP contribution is -2.36. The number of hydrogen-bond acceptors (Lipinski definition) is 5. The van der Waals surface area contributed by atoms with Crippen LogP contribution in [-0.4, -0.2) is 39.3 Å². The lowest BCUT2D eigenvalue weighted by Gasteiger charge is -2.34. The molecule has 2 fully saturated rings. The van der Waals surface area contributed by atoms with Crippen LogP contribution < -0.4 is 10.5 Å². The highest BCUT2D eigenvalue weighted by molar-refractivity contribution is 8.26. The van der Waals surface area contributed by atoms with Crippen molar-refractivity contribution in [3.63, 3.8) is 0 Å². The van der Waals surface area contributed by atoms with Gasteiger partial charge in [0.1, 0.15) is 4.32 Å². The smallest absolute Gasteiger partial charge is 0.266 e. The van der Waals surface area contributed by atoms with E-state index in [2.05, 4.69) is 31.7 Å². The molecule has 0 saturated carbocycles. The summed E-state index contributed by atoms with van der Waals surface area (Å²) in [6.45, 7) is 11.4. The van der Waals surface area contributed by atoms with Gasteiger partial charge >= 0.3 is 0 Å². The summed E-state index contributed by atoms with van der Waals surface area (Å²) in [4.78, 5) is 31.4. The number of piperidine rings is 1. The number of rotatable bonds is 5. The van der Waals surface area contributed by atoms with Gasteiger partial charge in [-0.1, -0.05) is 63.0 Å². The minimum atomic E-state index is -0.0949. The summed E-state index contributed by atoms with van der Waals surface area (Å²) in [6, 6.07) is 8.11. The van der Waals surface area contributed by atoms with E-state index in [9.17, 15) is 9.59 Å². The third kappa shape index (κ3) is 4.25. The number of carbonyl (C=O) groups is 1. The molecule has 0 unspecified atom stereocenters. The predicted molar refractivity (Wildman–Crippen MR) is 139 cm³/mol. The first-order valence-electron chi connectivity index (χ1n) is 11.5. The molecule has 5 nitrogen and oxygen atoms in total. The van der Waals surface area contributed by atoms with Crippen LogP contribution >= 0.6 is 24.0 Å². The van der Waals surface area contributed by atoms with Crippen LogP contribution in [0.2, 0.25) is 0 Å². The Morgan fingerprint density at radius 1 is 1.19 bits per heavy atom. The van der Waals surface area contributed by atoms with Crippen LogP contribution in [0.5, 0.6) is 0 Å². The molecule has 7 heteroatoms. The second-order valence-electron chi connectivity index (χ2n) is 9.18. The van der Waals surface area contributed by atoms with E-state index in [1.165, 1.54) is 11.8 Å². The number of pyridine rings is 1. The van der Waals surface area contributed by atoms with Gasteiger partial charge in [0.15, 0.2) is 0 Å². The van der Waals surface area contributed by atoms with Crippen molar-refractivity contribution < 1.29 is 4.79 Å². The average molecular weight is 470 g/mol. The van der Waals surface area contributed by atoms with E-state index in [1.54, 1.807) is 11.0 Å². The molecule has 4 rings (SSSR count). The van der Waals surface area contributed by atoms with E-state index in [-0.39, 0.29) is 11.5 Å². The number of amides is 1. The van der Waals surface area contributed by atoms with Crippen molar-refractivity contribution in [1.82, 2.24) is 9.47 Å². The van der Waals surface area contributed by atoms with Crippen LogP contribution in [0.1, 0.15) is 46.1 Å². The maximum absolute atomic E-state index is 13.7. The molecule has 170 valence electrons. The molecular formula is C25H31N3O2S2. The third-order valence-corrected chi connectivity index (χ3v) is 7.67. The molecule has 3 heterocycles. The molecule has 2 aliphatic rings. The number of thiocarbonyl (C=S) groups is 1. The summed E-state index contributed by atoms with van der Waals surface area (Å²) >= 11 is 6.80. The lowest BCUT2D eigenvalue weighted by molar-refractivity contribution is -0.122. The summed E-state index contributed by atoms with van der Waals surface area (Å²) in [5.74, 6) is 0.910. The van der Waals surface area contributed by atoms with Crippen LogP contribution in [0, 0.1) is 11.8 Å². The van der Waals surface area contributed by atoms with Gasteiger partial charge in [0.25, 0.3) is 11.5 Å². The van der Waals surface area contributed by atoms with Crippen molar-refractivity contribution in [1.29, 1.82) is 0 Å². The number of anilines is 1. The second kappa shape index (κ2) is 9.40. The van der Waals surface area contributed by atoms with Gasteiger partial charge in [0, 0.05) is 31.6 Å². The molecule has 0 radical (unpaired) electrons. The van der Waals surface area contributed by atoms with Gasteiger partial charge in [-0.15, -0.1) is 0 Å². The summed E-state index contributed by atoms with van der Waals surface area (Å²) in [5.41, 5.74) is 2.45. The van der Waals surface area contributed by atoms with E-state index in [0.29, 0.717) is 39.7 Å². The SMILES string of the molecule is CCn1c(=O)c(C=C2SC(=S)N(CC(C)C)C2=O)c(N2CCC(C)CC2)c2ccccc21. The lowest BCUT2D eigenvalue weighted by atomic mass is 9.97. The first kappa shape index (κ1) is 23.1. The van der Waals surface area contributed by atoms with Gasteiger partial charge in [0.2, 0.25) is 0 Å². The summed E-state index contributed by atoms with van der Waals surface area (Å²) in [7, 11) is 0. The van der Waals surface area contributed by atoms with E-state index in [0.717, 1.165) is 42.5 Å². The molecular weight excluding hydrogens is 438 g/mol. The van der Waals surface area contributed by atoms with Crippen molar-refractivity contribution >= 4 is 56.9 Å². The highest BCUT2D eigenvalue weighted by Gasteiger charge is 2.33. The van der Waals surface area contributed by atoms with Crippen molar-refractivity contribution in [3.05, 3.63) is 45.1 Å². The van der Waals surface area contributed by atoms with E-state index < -0.39 is 0 Å². The third-order valence-electron chi connectivity index (χ3n) is 6.29. The Morgan fingerprint density at radius 3 is 2.53 bits per heavy atom. The maximum atomic E-state index is 13.7. The predicted octanol–water partition coefficient (Wildman–Crippen LogP) is 5.11. The number of nitrogens with zero attached hydrogens (tertiary/aromatic N) is 3. The van der Waals surface area contributed by atoms with Crippen LogP contribution in [0.3, 0.4) is 0 Å². The number of carbonyl (C=O) groups excluding carboxylic acids is 1. The standard InChI is InChI=1S/C25H31N3O2S2/c1-5-27-20-9-7-6-8-18(20)22(26-12-10-17(4)11-13-26)19(23(27)29)14-21-24(30)28(15-16(2)3)25(31)32-21/h6-9,14,16-17H,5,10-13,15H2,1-4H3. The topological polar surface area (TPSA) is 45.6 Å². The largest absolute Gasteiger partial charge is 0.370 e. The molecule has 2 aliphatic heterocycles. The Bertz CT molecular complexity index is 1140. The molecule has 0 aliphatic carbocycles. The number of aryl methyl sites for hydroxylation is 1. The molecule has 1 amide bonds. The fraction of sp³-hybridized carbons (Fsp3) is 0.480. The molecule has 1 aromatic heterocycles. The zero-order chi connectivity index (χ0) is 23.0. The van der Waals surface area contributed by atoms with Gasteiger partial charge in [-0.05, 0) is 43.7 Å². The number of benzene rings is 1. The van der Waals surface area contributed by atoms with Crippen molar-refractivity contribution in [2.24, 2.45) is 11.8 Å². The highest BCUT2D eigenvalue weighted by Crippen LogP contribution is 2.37. The first-order chi connectivity index (χ1) is 15.3. The Morgan fingerprint density at radius 2 is 1.88 bits per heavy atom. The Kier molecular flexibility index (Phi) is 6.77. The monoisotopic (exact) mass is 469 g/mol. The Balaban J connectivity index is 1.90. The van der Waals surface area contributed by atoms with Gasteiger partial charge in [-0.3, -0.25) is 14.5 Å². The first-order valence-corrected chi connectivity index (χ1v) is 12.7. The van der Waals surface area contributed by atoms with E-state index >= 15 is 0 Å². The van der Waals surface area contributed by atoms with E-state index in [4.69, 9.17) is 12.2 Å². The van der Waals surface area contributed by atoms with Gasteiger partial charge in [-0.2, -0.15) is 0 Å². The quantitative estimate of drug-likeness (QED) is 0.450. The summed E-state index contributed by atoms with van der Waals surface area (Å²) in [6.07, 6.45) is 4.00. The highest BCUT2D eigenvalue weighted by atomic mass is 32.2. The molecule has 0 bridgehead atoms. The van der Waals surface area contributed by atoms with Crippen LogP contribution in [0.25, 0.3) is 17.0 Å². The minimum absolute atomic E-state index is 0.0473. The average Bonchev–Trinajstić information content (AvgIpc) is 3.02. The number of aromatic nitrogens is 1. The number of fused-ring (bicyclic) bond motifs is 1. The molecule has 2 aromatic rings. The minimum Gasteiger partial charge on any atom is -0.370 e. The number of thioether (sulfide) groups is 1. The van der Waals surface area contributed by atoms with Crippen LogP contribution in [0.4, 0.5) is 5.69 Å². The molecule has 32 heavy (non-hydrogen) atoms. The van der Waals surface area contributed by atoms with Gasteiger partial charge in [0.05, 0.1) is 21.7 Å². The molecule has 0 spiro atoms. The number of para-hydroxylation sites is 1. The molecule has 0 atom stereocenters. The van der Waals surface area contributed by atoms with Crippen molar-refractivity contribution in [2.75, 3.05) is 24.5 Å². The van der Waals surface area contributed by atoms with Crippen LogP contribution in [-0.2, 0) is 11.3 Å². The molecule has 2 saturated heterocycles. The fourth-order valence-electron chi connectivity index (χ4n) is 4.58. The Hall–Kier alpha value is -2.12. The zero-order valence-corrected chi connectivity index (χ0v) is 20.9.